The van der Waals surface area contributed by atoms with Gasteiger partial charge in [-0.3, -0.25) is 4.79 Å². The van der Waals surface area contributed by atoms with Gasteiger partial charge in [0.25, 0.3) is 0 Å². The van der Waals surface area contributed by atoms with Gasteiger partial charge >= 0.3 is 18.5 Å². The molecule has 9 heteroatoms. The minimum atomic E-state index is -5.10. The van der Waals surface area contributed by atoms with Crippen molar-refractivity contribution < 1.29 is 40.6 Å². The van der Waals surface area contributed by atoms with Crippen LogP contribution in [0.2, 0.25) is 0 Å². The Morgan fingerprint density at radius 2 is 1.75 bits per heavy atom. The molecule has 1 aromatic rings. The summed E-state index contributed by atoms with van der Waals surface area (Å²) in [5.74, 6) is -1.96. The number of methoxy groups -OCH3 is 1. The van der Waals surface area contributed by atoms with Gasteiger partial charge in [-0.2, -0.15) is 13.2 Å². The highest BCUT2D eigenvalue weighted by Crippen LogP contribution is 2.36. The van der Waals surface area contributed by atoms with Crippen LogP contribution in [0.1, 0.15) is 11.1 Å². The van der Waals surface area contributed by atoms with E-state index in [1.165, 1.54) is 0 Å². The van der Waals surface area contributed by atoms with Gasteiger partial charge in [-0.1, -0.05) is 6.07 Å². The van der Waals surface area contributed by atoms with E-state index in [2.05, 4.69) is 9.47 Å². The maximum absolute atomic E-state index is 12.7. The summed E-state index contributed by atoms with van der Waals surface area (Å²) < 4.78 is 81.7. The van der Waals surface area contributed by atoms with E-state index in [0.717, 1.165) is 13.2 Å². The Bertz CT molecular complexity index is 492. The van der Waals surface area contributed by atoms with Crippen LogP contribution in [-0.4, -0.2) is 19.4 Å². The summed E-state index contributed by atoms with van der Waals surface area (Å²) in [4.78, 5) is 11.0. The van der Waals surface area contributed by atoms with Crippen molar-refractivity contribution in [3.63, 3.8) is 0 Å². The van der Waals surface area contributed by atoms with Crippen molar-refractivity contribution in [1.82, 2.24) is 0 Å². The Morgan fingerprint density at radius 1 is 1.15 bits per heavy atom. The van der Waals surface area contributed by atoms with Crippen molar-refractivity contribution in [2.75, 3.05) is 7.11 Å². The van der Waals surface area contributed by atoms with Gasteiger partial charge in [0.15, 0.2) is 0 Å². The molecule has 0 saturated carbocycles. The minimum absolute atomic E-state index is 0.186. The lowest BCUT2D eigenvalue weighted by atomic mass is 10.0. The first-order valence-electron chi connectivity index (χ1n) is 5.05. The molecular formula is C11H8F6O3. The summed E-state index contributed by atoms with van der Waals surface area (Å²) in [6, 6.07) is 1.62. The standard InChI is InChI=1S/C11H8F6O3/c1-19-9(18)4-6-2-3-7(20-11(15,16)17)5-8(6)10(12,13)14/h2-3,5H,4H2,1H3. The summed E-state index contributed by atoms with van der Waals surface area (Å²) in [7, 11) is 0.983. The number of carbonyl (C=O) groups is 1. The number of halogens is 6. The summed E-state index contributed by atoms with van der Waals surface area (Å²) >= 11 is 0. The first kappa shape index (κ1) is 16.1. The maximum atomic E-state index is 12.7. The van der Waals surface area contributed by atoms with Crippen LogP contribution in [0.15, 0.2) is 18.2 Å². The maximum Gasteiger partial charge on any atom is 0.573 e. The second-order valence-electron chi connectivity index (χ2n) is 3.62. The van der Waals surface area contributed by atoms with Crippen molar-refractivity contribution in [1.29, 1.82) is 0 Å². The zero-order valence-corrected chi connectivity index (χ0v) is 9.93. The van der Waals surface area contributed by atoms with E-state index in [1.807, 2.05) is 0 Å². The fraction of sp³-hybridized carbons (Fsp3) is 0.364. The number of rotatable bonds is 3. The molecule has 20 heavy (non-hydrogen) atoms. The molecule has 0 spiro atoms. The summed E-state index contributed by atoms with van der Waals surface area (Å²) in [5, 5.41) is 0. The summed E-state index contributed by atoms with van der Waals surface area (Å²) in [5.41, 5.74) is -1.89. The Morgan fingerprint density at radius 3 is 2.20 bits per heavy atom. The molecule has 3 nitrogen and oxygen atoms in total. The molecule has 0 aliphatic rings. The zero-order valence-electron chi connectivity index (χ0n) is 9.93. The van der Waals surface area contributed by atoms with Gasteiger partial charge in [-0.25, -0.2) is 0 Å². The van der Waals surface area contributed by atoms with Crippen LogP contribution in [0.4, 0.5) is 26.3 Å². The molecule has 0 amide bonds. The smallest absolute Gasteiger partial charge is 0.469 e. The van der Waals surface area contributed by atoms with Crippen molar-refractivity contribution in [3.8, 4) is 5.75 Å². The molecule has 1 aromatic carbocycles. The Hall–Kier alpha value is -1.93. The van der Waals surface area contributed by atoms with Crippen LogP contribution in [0.25, 0.3) is 0 Å². The van der Waals surface area contributed by atoms with E-state index in [9.17, 15) is 31.1 Å². The van der Waals surface area contributed by atoms with Gasteiger partial charge in [0.05, 0.1) is 19.1 Å². The molecule has 0 fully saturated rings. The number of hydrogen-bond acceptors (Lipinski definition) is 3. The molecule has 0 aliphatic heterocycles. The van der Waals surface area contributed by atoms with Gasteiger partial charge in [-0.05, 0) is 17.7 Å². The van der Waals surface area contributed by atoms with E-state index >= 15 is 0 Å². The molecule has 0 saturated heterocycles. The van der Waals surface area contributed by atoms with Crippen molar-refractivity contribution in [2.45, 2.75) is 19.0 Å². The lowest BCUT2D eigenvalue weighted by molar-refractivity contribution is -0.274. The van der Waals surface area contributed by atoms with Gasteiger partial charge in [-0.15, -0.1) is 13.2 Å². The second kappa shape index (κ2) is 5.59. The van der Waals surface area contributed by atoms with Crippen LogP contribution in [-0.2, 0) is 22.1 Å². The average Bonchev–Trinajstić information content (AvgIpc) is 2.27. The van der Waals surface area contributed by atoms with E-state index in [-0.39, 0.29) is 6.07 Å². The molecule has 0 aromatic heterocycles. The molecule has 0 N–H and O–H groups in total. The highest BCUT2D eigenvalue weighted by molar-refractivity contribution is 5.73. The van der Waals surface area contributed by atoms with Crippen molar-refractivity contribution in [2.24, 2.45) is 0 Å². The molecule has 0 atom stereocenters. The first-order valence-corrected chi connectivity index (χ1v) is 5.05. The molecule has 0 radical (unpaired) electrons. The average molecular weight is 302 g/mol. The third-order valence-electron chi connectivity index (χ3n) is 2.18. The third-order valence-corrected chi connectivity index (χ3v) is 2.18. The van der Waals surface area contributed by atoms with Crippen LogP contribution in [0, 0.1) is 0 Å². The molecule has 112 valence electrons. The Kier molecular flexibility index (Phi) is 4.51. The highest BCUT2D eigenvalue weighted by Gasteiger charge is 2.36. The lowest BCUT2D eigenvalue weighted by Gasteiger charge is -2.15. The molecule has 1 rings (SSSR count). The SMILES string of the molecule is COC(=O)Cc1ccc(OC(F)(F)F)cc1C(F)(F)F. The van der Waals surface area contributed by atoms with E-state index in [4.69, 9.17) is 0 Å². The van der Waals surface area contributed by atoms with Crippen LogP contribution in [0.5, 0.6) is 5.75 Å². The first-order chi connectivity index (χ1) is 9.03. The molecular weight excluding hydrogens is 294 g/mol. The minimum Gasteiger partial charge on any atom is -0.469 e. The molecule has 0 bridgehead atoms. The van der Waals surface area contributed by atoms with Gasteiger partial charge in [0.1, 0.15) is 5.75 Å². The zero-order chi connectivity index (χ0) is 15.6. The molecule has 0 aliphatic carbocycles. The molecule has 0 unspecified atom stereocenters. The largest absolute Gasteiger partial charge is 0.573 e. The number of alkyl halides is 6. The second-order valence-corrected chi connectivity index (χ2v) is 3.62. The normalized spacial score (nSPS) is 12.2. The molecule has 0 heterocycles. The van der Waals surface area contributed by atoms with E-state index in [0.29, 0.717) is 6.07 Å². The van der Waals surface area contributed by atoms with Crippen LogP contribution >= 0.6 is 0 Å². The third kappa shape index (κ3) is 4.63. The van der Waals surface area contributed by atoms with Crippen LogP contribution < -0.4 is 4.74 Å². The Balaban J connectivity index is 3.17. The van der Waals surface area contributed by atoms with E-state index in [1.54, 1.807) is 0 Å². The van der Waals surface area contributed by atoms with Crippen molar-refractivity contribution in [3.05, 3.63) is 29.3 Å². The fourth-order valence-electron chi connectivity index (χ4n) is 1.40. The number of carbonyl (C=O) groups excluding carboxylic acids is 1. The van der Waals surface area contributed by atoms with Gasteiger partial charge in [0, 0.05) is 0 Å². The fourth-order valence-corrected chi connectivity index (χ4v) is 1.40. The lowest BCUT2D eigenvalue weighted by Crippen LogP contribution is -2.19. The van der Waals surface area contributed by atoms with Crippen LogP contribution in [0.3, 0.4) is 0 Å². The van der Waals surface area contributed by atoms with E-state index < -0.39 is 41.8 Å². The number of benzene rings is 1. The predicted octanol–water partition coefficient (Wildman–Crippen LogP) is 3.32. The number of esters is 1. The monoisotopic (exact) mass is 302 g/mol. The summed E-state index contributed by atoms with van der Waals surface area (Å²) in [6.45, 7) is 0. The summed E-state index contributed by atoms with van der Waals surface area (Å²) in [6.07, 6.45) is -10.7. The quantitative estimate of drug-likeness (QED) is 0.635. The highest BCUT2D eigenvalue weighted by atomic mass is 19.4. The van der Waals surface area contributed by atoms with Crippen molar-refractivity contribution >= 4 is 5.97 Å². The number of hydrogen-bond donors (Lipinski definition) is 0. The van der Waals surface area contributed by atoms with Gasteiger partial charge < -0.3 is 9.47 Å². The van der Waals surface area contributed by atoms with Gasteiger partial charge in [0.2, 0.25) is 0 Å². The topological polar surface area (TPSA) is 35.5 Å². The number of ether oxygens (including phenoxy) is 2. The Labute approximate surface area is 109 Å². The predicted molar refractivity (Wildman–Crippen MR) is 53.8 cm³/mol.